The van der Waals surface area contributed by atoms with Crippen LogP contribution in [-0.2, 0) is 0 Å². The van der Waals surface area contributed by atoms with E-state index in [1.54, 1.807) is 12.1 Å². The Morgan fingerprint density at radius 3 is 1.48 bits per heavy atom. The van der Waals surface area contributed by atoms with Crippen molar-refractivity contribution in [3.05, 3.63) is 35.9 Å². The molecule has 1 heterocycles. The Hall–Kier alpha value is -2.30. The summed E-state index contributed by atoms with van der Waals surface area (Å²) in [7, 11) is 2.72. The van der Waals surface area contributed by atoms with Crippen LogP contribution in [0.15, 0.2) is 28.7 Å². The zero-order valence-electron chi connectivity index (χ0n) is 12.3. The number of halogens is 2. The number of furan rings is 1. The first-order valence-electron chi connectivity index (χ1n) is 6.58. The maximum absolute atomic E-state index is 14.0. The highest BCUT2D eigenvalue weighted by Crippen LogP contribution is 2.37. The van der Waals surface area contributed by atoms with Crippen LogP contribution in [0, 0.1) is 11.6 Å². The average Bonchev–Trinajstić information content (AvgIpc) is 2.91. The minimum atomic E-state index is -0.644. The third-order valence-electron chi connectivity index (χ3n) is 3.06. The van der Waals surface area contributed by atoms with Crippen LogP contribution in [0.3, 0.4) is 0 Å². The van der Waals surface area contributed by atoms with Crippen LogP contribution in [0.2, 0.25) is 0 Å². The molecule has 0 aliphatic rings. The van der Waals surface area contributed by atoms with Crippen LogP contribution in [0.1, 0.15) is 13.8 Å². The van der Waals surface area contributed by atoms with Gasteiger partial charge in [-0.15, -0.1) is 0 Å². The summed E-state index contributed by atoms with van der Waals surface area (Å²) in [5, 5.41) is 0.990. The van der Waals surface area contributed by atoms with Gasteiger partial charge in [-0.05, 0) is 24.3 Å². The van der Waals surface area contributed by atoms with Gasteiger partial charge in [0.15, 0.2) is 22.7 Å². The Bertz CT molecular complexity index is 714. The van der Waals surface area contributed by atoms with Gasteiger partial charge in [-0.25, -0.2) is 0 Å². The molecule has 0 bridgehead atoms. The lowest BCUT2D eigenvalue weighted by molar-refractivity contribution is 0.382. The smallest absolute Gasteiger partial charge is 0.208 e. The molecule has 0 saturated heterocycles. The summed E-state index contributed by atoms with van der Waals surface area (Å²) in [6.45, 7) is 4.00. The predicted molar refractivity (Wildman–Crippen MR) is 78.1 cm³/mol. The van der Waals surface area contributed by atoms with Crippen LogP contribution in [-0.4, -0.2) is 14.2 Å². The Labute approximate surface area is 121 Å². The van der Waals surface area contributed by atoms with Crippen molar-refractivity contribution in [2.45, 2.75) is 13.8 Å². The second-order valence-electron chi connectivity index (χ2n) is 4.02. The van der Waals surface area contributed by atoms with Crippen molar-refractivity contribution in [1.29, 1.82) is 0 Å². The van der Waals surface area contributed by atoms with Gasteiger partial charge in [0.1, 0.15) is 0 Å². The molecule has 5 heteroatoms. The molecule has 0 atom stereocenters. The molecule has 112 valence electrons. The largest absolute Gasteiger partial charge is 0.494 e. The molecule has 1 aromatic heterocycles. The Morgan fingerprint density at radius 1 is 0.762 bits per heavy atom. The van der Waals surface area contributed by atoms with Gasteiger partial charge in [0, 0.05) is 10.8 Å². The lowest BCUT2D eigenvalue weighted by atomic mass is 10.1. The van der Waals surface area contributed by atoms with E-state index in [4.69, 9.17) is 13.9 Å². The zero-order valence-corrected chi connectivity index (χ0v) is 12.3. The zero-order chi connectivity index (χ0) is 15.6. The number of hydrogen-bond donors (Lipinski definition) is 0. The Morgan fingerprint density at radius 2 is 1.14 bits per heavy atom. The van der Waals surface area contributed by atoms with E-state index >= 15 is 0 Å². The number of rotatable bonds is 2. The van der Waals surface area contributed by atoms with Gasteiger partial charge in [-0.2, -0.15) is 8.78 Å². The first-order valence-corrected chi connectivity index (χ1v) is 6.58. The van der Waals surface area contributed by atoms with Crippen LogP contribution in [0.5, 0.6) is 11.5 Å². The molecule has 0 aliphatic heterocycles. The second-order valence-corrected chi connectivity index (χ2v) is 4.02. The summed E-state index contributed by atoms with van der Waals surface area (Å²) in [5.41, 5.74) is -0.0528. The molecule has 3 aromatic rings. The number of ether oxygens (including phenoxy) is 2. The maximum Gasteiger partial charge on any atom is 0.208 e. The van der Waals surface area contributed by atoms with E-state index in [0.717, 1.165) is 0 Å². The lowest BCUT2D eigenvalue weighted by Gasteiger charge is -2.00. The summed E-state index contributed by atoms with van der Waals surface area (Å²) in [6, 6.07) is 6.23. The average molecular weight is 294 g/mol. The van der Waals surface area contributed by atoms with Gasteiger partial charge in [0.25, 0.3) is 0 Å². The van der Waals surface area contributed by atoms with Crippen molar-refractivity contribution in [1.82, 2.24) is 0 Å². The molecule has 0 fully saturated rings. The first-order chi connectivity index (χ1) is 10.2. The van der Waals surface area contributed by atoms with Gasteiger partial charge in [-0.3, -0.25) is 0 Å². The molecule has 3 rings (SSSR count). The first kappa shape index (κ1) is 15.1. The van der Waals surface area contributed by atoms with Crippen molar-refractivity contribution in [2.75, 3.05) is 14.2 Å². The van der Waals surface area contributed by atoms with Crippen LogP contribution in [0.4, 0.5) is 8.78 Å². The highest BCUT2D eigenvalue weighted by Gasteiger charge is 2.19. The van der Waals surface area contributed by atoms with E-state index in [1.165, 1.54) is 26.4 Å². The van der Waals surface area contributed by atoms with Crippen molar-refractivity contribution in [3.63, 3.8) is 0 Å². The van der Waals surface area contributed by atoms with Gasteiger partial charge >= 0.3 is 0 Å². The summed E-state index contributed by atoms with van der Waals surface area (Å²) in [5.74, 6) is -1.18. The normalized spacial score (nSPS) is 10.4. The molecule has 0 saturated carbocycles. The molecule has 0 aliphatic carbocycles. The van der Waals surface area contributed by atoms with Gasteiger partial charge in [0.05, 0.1) is 14.2 Å². The van der Waals surface area contributed by atoms with E-state index in [9.17, 15) is 8.78 Å². The topological polar surface area (TPSA) is 31.6 Å². The summed E-state index contributed by atoms with van der Waals surface area (Å²) in [4.78, 5) is 0. The highest BCUT2D eigenvalue weighted by atomic mass is 19.1. The van der Waals surface area contributed by atoms with Gasteiger partial charge in [0.2, 0.25) is 11.6 Å². The van der Waals surface area contributed by atoms with E-state index < -0.39 is 11.6 Å². The predicted octanol–water partition coefficient (Wildman–Crippen LogP) is 4.91. The van der Waals surface area contributed by atoms with Crippen LogP contribution in [0.25, 0.3) is 21.9 Å². The third-order valence-corrected chi connectivity index (χ3v) is 3.06. The number of fused-ring (bicyclic) bond motifs is 3. The standard InChI is InChI=1S/C14H10F2O3.C2H6/c1-17-9-5-3-7-8-4-6-10(18-2)12(16)14(8)19-13(7)11(9)15;1-2/h3-6H,1-2H3;1-2H3. The number of benzene rings is 2. The molecular formula is C16H16F2O3. The fourth-order valence-corrected chi connectivity index (χ4v) is 2.12. The van der Waals surface area contributed by atoms with Gasteiger partial charge in [-0.1, -0.05) is 13.8 Å². The lowest BCUT2D eigenvalue weighted by Crippen LogP contribution is -1.87. The monoisotopic (exact) mass is 294 g/mol. The molecule has 0 amide bonds. The molecule has 3 nitrogen and oxygen atoms in total. The molecule has 0 spiro atoms. The molecule has 21 heavy (non-hydrogen) atoms. The molecule has 0 unspecified atom stereocenters. The van der Waals surface area contributed by atoms with Crippen LogP contribution < -0.4 is 9.47 Å². The highest BCUT2D eigenvalue weighted by molar-refractivity contribution is 6.06. The van der Waals surface area contributed by atoms with Crippen molar-refractivity contribution in [3.8, 4) is 11.5 Å². The van der Waals surface area contributed by atoms with Crippen molar-refractivity contribution in [2.24, 2.45) is 0 Å². The molecule has 2 aromatic carbocycles. The van der Waals surface area contributed by atoms with E-state index in [0.29, 0.717) is 10.8 Å². The minimum absolute atomic E-state index is 0.0264. The fraction of sp³-hybridized carbons (Fsp3) is 0.250. The molecule has 0 N–H and O–H groups in total. The SMILES string of the molecule is CC.COc1ccc2c(oc3c(F)c(OC)ccc32)c1F. The number of hydrogen-bond acceptors (Lipinski definition) is 3. The quantitative estimate of drug-likeness (QED) is 0.673. The van der Waals surface area contributed by atoms with Gasteiger partial charge < -0.3 is 13.9 Å². The van der Waals surface area contributed by atoms with Crippen molar-refractivity contribution < 1.29 is 22.7 Å². The summed E-state index contributed by atoms with van der Waals surface area (Å²) >= 11 is 0. The second kappa shape index (κ2) is 5.99. The summed E-state index contributed by atoms with van der Waals surface area (Å²) < 4.78 is 43.1. The molecular weight excluding hydrogens is 278 g/mol. The fourth-order valence-electron chi connectivity index (χ4n) is 2.12. The maximum atomic E-state index is 14.0. The van der Waals surface area contributed by atoms with Crippen LogP contribution >= 0.6 is 0 Å². The van der Waals surface area contributed by atoms with E-state index in [1.807, 2.05) is 13.8 Å². The van der Waals surface area contributed by atoms with E-state index in [2.05, 4.69) is 0 Å². The number of methoxy groups -OCH3 is 2. The van der Waals surface area contributed by atoms with Crippen molar-refractivity contribution >= 4 is 21.9 Å². The Balaban J connectivity index is 0.000000774. The molecule has 0 radical (unpaired) electrons. The third kappa shape index (κ3) is 2.28. The summed E-state index contributed by atoms with van der Waals surface area (Å²) in [6.07, 6.45) is 0. The Kier molecular flexibility index (Phi) is 4.31. The minimum Gasteiger partial charge on any atom is -0.494 e. The van der Waals surface area contributed by atoms with E-state index in [-0.39, 0.29) is 22.7 Å².